The van der Waals surface area contributed by atoms with Gasteiger partial charge in [0.2, 0.25) is 0 Å². The highest BCUT2D eigenvalue weighted by Gasteiger charge is 2.63. The number of benzene rings is 1. The molecule has 1 spiro atoms. The van der Waals surface area contributed by atoms with Crippen LogP contribution in [0.2, 0.25) is 0 Å². The average molecular weight is 426 g/mol. The Morgan fingerprint density at radius 1 is 1.00 bits per heavy atom. The van der Waals surface area contributed by atoms with Crippen LogP contribution < -0.4 is 5.69 Å². The molecule has 0 amide bonds. The Bertz CT molecular complexity index is 1010. The minimum absolute atomic E-state index is 0.0993. The van der Waals surface area contributed by atoms with Crippen LogP contribution in [0.3, 0.4) is 0 Å². The van der Waals surface area contributed by atoms with Gasteiger partial charge in [-0.2, -0.15) is 0 Å². The number of aromatic nitrogens is 2. The summed E-state index contributed by atoms with van der Waals surface area (Å²) in [6.07, 6.45) is 9.36. The minimum Gasteiger partial charge on any atom is -0.394 e. The average Bonchev–Trinajstić information content (AvgIpc) is 3.20. The largest absolute Gasteiger partial charge is 0.394 e. The van der Waals surface area contributed by atoms with Gasteiger partial charge in [-0.05, 0) is 80.2 Å². The standard InChI is InChI=1S/C25H35N3O3/c29-15-20(16-30)28-23-4-2-1-3-22(23)27(24(28)31)19-7-11-26(12-8-19)14-21-17-5-6-18(13-17)25(21)9-10-25/h1-4,17-21,29-30H,5-16H2/t17-,18+,21+/m1/s1. The van der Waals surface area contributed by atoms with Crippen LogP contribution in [-0.2, 0) is 0 Å². The van der Waals surface area contributed by atoms with Gasteiger partial charge in [-0.25, -0.2) is 4.79 Å². The third kappa shape index (κ3) is 2.98. The van der Waals surface area contributed by atoms with Crippen LogP contribution in [0.15, 0.2) is 29.1 Å². The van der Waals surface area contributed by atoms with Gasteiger partial charge in [0.25, 0.3) is 0 Å². The van der Waals surface area contributed by atoms with E-state index in [1.807, 2.05) is 28.8 Å². The molecule has 0 unspecified atom stereocenters. The summed E-state index contributed by atoms with van der Waals surface area (Å²) in [6.45, 7) is 2.90. The van der Waals surface area contributed by atoms with E-state index in [9.17, 15) is 15.0 Å². The van der Waals surface area contributed by atoms with Crippen LogP contribution in [0.4, 0.5) is 0 Å². The first-order chi connectivity index (χ1) is 15.2. The van der Waals surface area contributed by atoms with E-state index in [1.54, 1.807) is 4.57 Å². The first kappa shape index (κ1) is 20.0. The summed E-state index contributed by atoms with van der Waals surface area (Å²) < 4.78 is 3.53. The highest BCUT2D eigenvalue weighted by atomic mass is 16.3. The van der Waals surface area contributed by atoms with Gasteiger partial charge in [0.1, 0.15) is 0 Å². The van der Waals surface area contributed by atoms with Gasteiger partial charge in [-0.15, -0.1) is 0 Å². The lowest BCUT2D eigenvalue weighted by molar-refractivity contribution is 0.100. The Morgan fingerprint density at radius 2 is 1.71 bits per heavy atom. The van der Waals surface area contributed by atoms with Crippen molar-refractivity contribution in [3.05, 3.63) is 34.7 Å². The van der Waals surface area contributed by atoms with Crippen molar-refractivity contribution in [2.75, 3.05) is 32.8 Å². The Kier molecular flexibility index (Phi) is 4.82. The zero-order valence-electron chi connectivity index (χ0n) is 18.3. The number of piperidine rings is 1. The molecule has 3 atom stereocenters. The topological polar surface area (TPSA) is 70.6 Å². The number of nitrogens with zero attached hydrogens (tertiary/aromatic N) is 3. The normalized spacial score (nSPS) is 30.2. The number of hydrogen-bond acceptors (Lipinski definition) is 4. The first-order valence-corrected chi connectivity index (χ1v) is 12.3. The molecule has 2 N–H and O–H groups in total. The molecule has 168 valence electrons. The molecule has 1 aromatic carbocycles. The second kappa shape index (κ2) is 7.46. The minimum atomic E-state index is -0.591. The molecule has 0 radical (unpaired) electrons. The monoisotopic (exact) mass is 425 g/mol. The van der Waals surface area contributed by atoms with E-state index in [1.165, 1.54) is 38.6 Å². The van der Waals surface area contributed by atoms with E-state index in [4.69, 9.17) is 0 Å². The van der Waals surface area contributed by atoms with Crippen molar-refractivity contribution < 1.29 is 10.2 Å². The van der Waals surface area contributed by atoms with E-state index in [2.05, 4.69) is 4.90 Å². The molecule has 4 aliphatic rings. The number of aliphatic hydroxyl groups is 2. The number of likely N-dealkylation sites (tertiary alicyclic amines) is 1. The fraction of sp³-hybridized carbons (Fsp3) is 0.720. The molecule has 6 nitrogen and oxygen atoms in total. The number of fused-ring (bicyclic) bond motifs is 4. The zero-order chi connectivity index (χ0) is 21.2. The summed E-state index contributed by atoms with van der Waals surface area (Å²) >= 11 is 0. The van der Waals surface area contributed by atoms with Crippen LogP contribution in [0, 0.1) is 23.2 Å². The number of hydrogen-bond donors (Lipinski definition) is 2. The van der Waals surface area contributed by atoms with Crippen molar-refractivity contribution in [1.29, 1.82) is 0 Å². The lowest BCUT2D eigenvalue weighted by atomic mass is 9.76. The summed E-state index contributed by atoms with van der Waals surface area (Å²) in [7, 11) is 0. The lowest BCUT2D eigenvalue weighted by Crippen LogP contribution is -2.43. The number of rotatable bonds is 6. The summed E-state index contributed by atoms with van der Waals surface area (Å²) in [5, 5.41) is 19.4. The number of imidazole rings is 1. The van der Waals surface area contributed by atoms with Crippen molar-refractivity contribution >= 4 is 11.0 Å². The van der Waals surface area contributed by atoms with Gasteiger partial charge in [0.15, 0.2) is 0 Å². The van der Waals surface area contributed by atoms with Crippen LogP contribution in [0.5, 0.6) is 0 Å². The molecular weight excluding hydrogens is 390 g/mol. The molecule has 2 bridgehead atoms. The number of aliphatic hydroxyl groups excluding tert-OH is 2. The van der Waals surface area contributed by atoms with Crippen molar-refractivity contribution in [2.24, 2.45) is 23.2 Å². The fourth-order valence-corrected chi connectivity index (χ4v) is 7.69. The van der Waals surface area contributed by atoms with Crippen LogP contribution in [0.25, 0.3) is 11.0 Å². The molecule has 6 rings (SSSR count). The van der Waals surface area contributed by atoms with Gasteiger partial charge in [-0.1, -0.05) is 12.1 Å². The predicted molar refractivity (Wildman–Crippen MR) is 120 cm³/mol. The Hall–Kier alpha value is -1.63. The Labute approximate surface area is 183 Å². The first-order valence-electron chi connectivity index (χ1n) is 12.3. The van der Waals surface area contributed by atoms with Gasteiger partial charge in [0.05, 0.1) is 30.3 Å². The molecule has 3 saturated carbocycles. The van der Waals surface area contributed by atoms with E-state index < -0.39 is 6.04 Å². The quantitative estimate of drug-likeness (QED) is 0.747. The van der Waals surface area contributed by atoms with Gasteiger partial charge < -0.3 is 15.1 Å². The molecule has 31 heavy (non-hydrogen) atoms. The lowest BCUT2D eigenvalue weighted by Gasteiger charge is -2.39. The summed E-state index contributed by atoms with van der Waals surface area (Å²) in [5.74, 6) is 2.91. The second-order valence-electron chi connectivity index (χ2n) is 10.7. The highest BCUT2D eigenvalue weighted by molar-refractivity contribution is 5.76. The Morgan fingerprint density at radius 3 is 2.39 bits per heavy atom. The number of para-hydroxylation sites is 2. The second-order valence-corrected chi connectivity index (χ2v) is 10.7. The molecule has 4 fully saturated rings. The van der Waals surface area contributed by atoms with Crippen molar-refractivity contribution in [3.63, 3.8) is 0 Å². The summed E-state index contributed by atoms with van der Waals surface area (Å²) in [6, 6.07) is 7.39. The molecule has 2 heterocycles. The summed E-state index contributed by atoms with van der Waals surface area (Å²) in [5.41, 5.74) is 2.34. The van der Waals surface area contributed by atoms with E-state index in [0.29, 0.717) is 5.41 Å². The van der Waals surface area contributed by atoms with E-state index in [-0.39, 0.29) is 24.9 Å². The fourth-order valence-electron chi connectivity index (χ4n) is 7.69. The maximum absolute atomic E-state index is 13.4. The predicted octanol–water partition coefficient (Wildman–Crippen LogP) is 2.79. The van der Waals surface area contributed by atoms with Gasteiger partial charge >= 0.3 is 5.69 Å². The van der Waals surface area contributed by atoms with E-state index in [0.717, 1.165) is 54.7 Å². The third-order valence-corrected chi connectivity index (χ3v) is 9.40. The highest BCUT2D eigenvalue weighted by Crippen LogP contribution is 2.71. The summed E-state index contributed by atoms with van der Waals surface area (Å²) in [4.78, 5) is 16.1. The van der Waals surface area contributed by atoms with Crippen molar-refractivity contribution in [3.8, 4) is 0 Å². The molecule has 2 aromatic rings. The zero-order valence-corrected chi connectivity index (χ0v) is 18.3. The molecule has 3 aliphatic carbocycles. The molecule has 1 aromatic heterocycles. The van der Waals surface area contributed by atoms with Crippen molar-refractivity contribution in [1.82, 2.24) is 14.0 Å². The van der Waals surface area contributed by atoms with Crippen molar-refractivity contribution in [2.45, 2.75) is 57.0 Å². The smallest absolute Gasteiger partial charge is 0.329 e. The van der Waals surface area contributed by atoms with Crippen LogP contribution in [0.1, 0.15) is 57.0 Å². The molecule has 1 saturated heterocycles. The van der Waals surface area contributed by atoms with Gasteiger partial charge in [-0.3, -0.25) is 9.13 Å². The van der Waals surface area contributed by atoms with Crippen LogP contribution in [-0.4, -0.2) is 57.1 Å². The SMILES string of the molecule is O=c1n(C(CO)CO)c2ccccc2n1C1CCN(C[C@H]2[C@@H]3CC[C@@H](C3)C23CC3)CC1. The maximum atomic E-state index is 13.4. The van der Waals surface area contributed by atoms with Crippen LogP contribution >= 0.6 is 0 Å². The molecule has 6 heteroatoms. The third-order valence-electron chi connectivity index (χ3n) is 9.40. The molecule has 1 aliphatic heterocycles. The molecular formula is C25H35N3O3. The van der Waals surface area contributed by atoms with E-state index >= 15 is 0 Å². The van der Waals surface area contributed by atoms with Gasteiger partial charge in [0, 0.05) is 25.7 Å². The maximum Gasteiger partial charge on any atom is 0.329 e. The Balaban J connectivity index is 1.21.